The standard InChI is InChI=1S/C15H19F2NO/c1-10-8-11(10)9-18(2)7-6-14(19)12-4-3-5-13(16)15(12)17/h3-5,10-11H,6-9H2,1-2H3. The summed E-state index contributed by atoms with van der Waals surface area (Å²) in [6.07, 6.45) is 1.47. The molecule has 0 N–H and O–H groups in total. The highest BCUT2D eigenvalue weighted by Crippen LogP contribution is 2.37. The number of hydrogen-bond donors (Lipinski definition) is 0. The molecular formula is C15H19F2NO. The van der Waals surface area contributed by atoms with Crippen LogP contribution in [0.15, 0.2) is 18.2 Å². The maximum atomic E-state index is 13.4. The lowest BCUT2D eigenvalue weighted by Crippen LogP contribution is -2.24. The normalized spacial score (nSPS) is 21.7. The number of carbonyl (C=O) groups excluding carboxylic acids is 1. The van der Waals surface area contributed by atoms with Crippen molar-refractivity contribution in [1.29, 1.82) is 0 Å². The number of rotatable bonds is 6. The van der Waals surface area contributed by atoms with Crippen molar-refractivity contribution in [3.8, 4) is 0 Å². The molecule has 19 heavy (non-hydrogen) atoms. The van der Waals surface area contributed by atoms with E-state index < -0.39 is 11.6 Å². The second-order valence-electron chi connectivity index (χ2n) is 5.51. The van der Waals surface area contributed by atoms with E-state index in [-0.39, 0.29) is 17.8 Å². The number of hydrogen-bond acceptors (Lipinski definition) is 2. The summed E-state index contributed by atoms with van der Waals surface area (Å²) in [4.78, 5) is 13.9. The summed E-state index contributed by atoms with van der Waals surface area (Å²) in [5.74, 6) is -0.838. The van der Waals surface area contributed by atoms with Gasteiger partial charge >= 0.3 is 0 Å². The van der Waals surface area contributed by atoms with Crippen molar-refractivity contribution < 1.29 is 13.6 Å². The van der Waals surface area contributed by atoms with Gasteiger partial charge in [-0.05, 0) is 37.4 Å². The Hall–Kier alpha value is -1.29. The van der Waals surface area contributed by atoms with Crippen molar-refractivity contribution in [2.75, 3.05) is 20.1 Å². The maximum absolute atomic E-state index is 13.4. The van der Waals surface area contributed by atoms with E-state index in [0.717, 1.165) is 24.4 Å². The summed E-state index contributed by atoms with van der Waals surface area (Å²) in [6, 6.07) is 3.72. The zero-order chi connectivity index (χ0) is 14.0. The third kappa shape index (κ3) is 3.60. The Balaban J connectivity index is 1.85. The summed E-state index contributed by atoms with van der Waals surface area (Å²) in [6.45, 7) is 3.77. The van der Waals surface area contributed by atoms with Crippen LogP contribution in [0.2, 0.25) is 0 Å². The van der Waals surface area contributed by atoms with Gasteiger partial charge in [0.15, 0.2) is 17.4 Å². The van der Waals surface area contributed by atoms with Crippen molar-refractivity contribution in [3.05, 3.63) is 35.4 Å². The van der Waals surface area contributed by atoms with Gasteiger partial charge in [-0.15, -0.1) is 0 Å². The highest BCUT2D eigenvalue weighted by Gasteiger charge is 2.33. The van der Waals surface area contributed by atoms with E-state index in [9.17, 15) is 13.6 Å². The monoisotopic (exact) mass is 267 g/mol. The third-order valence-corrected chi connectivity index (χ3v) is 3.79. The maximum Gasteiger partial charge on any atom is 0.169 e. The number of carbonyl (C=O) groups is 1. The van der Waals surface area contributed by atoms with Crippen LogP contribution in [0.5, 0.6) is 0 Å². The third-order valence-electron chi connectivity index (χ3n) is 3.79. The minimum absolute atomic E-state index is 0.145. The fraction of sp³-hybridized carbons (Fsp3) is 0.533. The Morgan fingerprint density at radius 3 is 2.74 bits per heavy atom. The molecule has 104 valence electrons. The molecule has 2 rings (SSSR count). The van der Waals surface area contributed by atoms with Crippen LogP contribution in [0.1, 0.15) is 30.1 Å². The van der Waals surface area contributed by atoms with E-state index in [1.165, 1.54) is 18.6 Å². The van der Waals surface area contributed by atoms with E-state index in [4.69, 9.17) is 0 Å². The fourth-order valence-corrected chi connectivity index (χ4v) is 2.29. The zero-order valence-corrected chi connectivity index (χ0v) is 11.3. The predicted molar refractivity (Wildman–Crippen MR) is 70.1 cm³/mol. The molecule has 4 heteroatoms. The zero-order valence-electron chi connectivity index (χ0n) is 11.3. The molecule has 1 fully saturated rings. The van der Waals surface area contributed by atoms with Crippen molar-refractivity contribution >= 4 is 5.78 Å². The second kappa shape index (κ2) is 5.78. The molecule has 1 aromatic rings. The molecule has 0 aliphatic heterocycles. The van der Waals surface area contributed by atoms with Gasteiger partial charge in [0, 0.05) is 19.5 Å². The van der Waals surface area contributed by atoms with Crippen LogP contribution >= 0.6 is 0 Å². The van der Waals surface area contributed by atoms with Crippen LogP contribution in [0, 0.1) is 23.5 Å². The molecule has 0 bridgehead atoms. The Morgan fingerprint density at radius 2 is 2.11 bits per heavy atom. The van der Waals surface area contributed by atoms with Crippen molar-refractivity contribution in [2.45, 2.75) is 19.8 Å². The lowest BCUT2D eigenvalue weighted by Gasteiger charge is -2.15. The van der Waals surface area contributed by atoms with E-state index in [1.807, 2.05) is 7.05 Å². The van der Waals surface area contributed by atoms with Gasteiger partial charge in [-0.1, -0.05) is 13.0 Å². The SMILES string of the molecule is CC1CC1CN(C)CCC(=O)c1cccc(F)c1F. The van der Waals surface area contributed by atoms with Gasteiger partial charge in [0.25, 0.3) is 0 Å². The quantitative estimate of drug-likeness (QED) is 0.738. The van der Waals surface area contributed by atoms with E-state index in [0.29, 0.717) is 6.54 Å². The average molecular weight is 267 g/mol. The van der Waals surface area contributed by atoms with E-state index in [1.54, 1.807) is 0 Å². The summed E-state index contributed by atoms with van der Waals surface area (Å²) >= 11 is 0. The fourth-order valence-electron chi connectivity index (χ4n) is 2.29. The number of nitrogens with zero attached hydrogens (tertiary/aromatic N) is 1. The molecule has 1 aliphatic carbocycles. The van der Waals surface area contributed by atoms with Gasteiger partial charge in [0.2, 0.25) is 0 Å². The molecule has 1 saturated carbocycles. The highest BCUT2D eigenvalue weighted by atomic mass is 19.2. The van der Waals surface area contributed by atoms with Gasteiger partial charge in [0.05, 0.1) is 5.56 Å². The minimum atomic E-state index is -1.04. The molecule has 1 aromatic carbocycles. The van der Waals surface area contributed by atoms with Crippen LogP contribution in [-0.2, 0) is 0 Å². The smallest absolute Gasteiger partial charge is 0.169 e. The average Bonchev–Trinajstić information content (AvgIpc) is 3.05. The van der Waals surface area contributed by atoms with Crippen LogP contribution in [0.4, 0.5) is 8.78 Å². The Bertz CT molecular complexity index is 475. The van der Waals surface area contributed by atoms with Gasteiger partial charge in [-0.25, -0.2) is 8.78 Å². The summed E-state index contributed by atoms with van der Waals surface area (Å²) in [5, 5.41) is 0. The molecule has 0 heterocycles. The van der Waals surface area contributed by atoms with E-state index >= 15 is 0 Å². The molecule has 2 nitrogen and oxygen atoms in total. The molecule has 2 unspecified atom stereocenters. The Kier molecular flexibility index (Phi) is 4.30. The lowest BCUT2D eigenvalue weighted by molar-refractivity contribution is 0.0963. The Morgan fingerprint density at radius 1 is 1.42 bits per heavy atom. The molecule has 0 spiro atoms. The van der Waals surface area contributed by atoms with Crippen molar-refractivity contribution in [3.63, 3.8) is 0 Å². The first-order valence-electron chi connectivity index (χ1n) is 6.64. The topological polar surface area (TPSA) is 20.3 Å². The van der Waals surface area contributed by atoms with Crippen LogP contribution in [0.3, 0.4) is 0 Å². The lowest BCUT2D eigenvalue weighted by atomic mass is 10.1. The predicted octanol–water partition coefficient (Wildman–Crippen LogP) is 3.13. The molecule has 0 amide bonds. The summed E-state index contributed by atoms with van der Waals surface area (Å²) in [5.41, 5.74) is -0.145. The largest absolute Gasteiger partial charge is 0.306 e. The molecule has 0 aromatic heterocycles. The van der Waals surface area contributed by atoms with Crippen molar-refractivity contribution in [2.24, 2.45) is 11.8 Å². The molecular weight excluding hydrogens is 248 g/mol. The van der Waals surface area contributed by atoms with Crippen molar-refractivity contribution in [1.82, 2.24) is 4.90 Å². The Labute approximate surface area is 112 Å². The molecule has 0 radical (unpaired) electrons. The number of halogens is 2. The molecule has 2 atom stereocenters. The van der Waals surface area contributed by atoms with Crippen LogP contribution in [0.25, 0.3) is 0 Å². The van der Waals surface area contributed by atoms with Gasteiger partial charge < -0.3 is 4.90 Å². The first-order chi connectivity index (χ1) is 8.99. The number of benzene rings is 1. The van der Waals surface area contributed by atoms with Crippen LogP contribution < -0.4 is 0 Å². The van der Waals surface area contributed by atoms with Gasteiger partial charge in [0.1, 0.15) is 0 Å². The summed E-state index contributed by atoms with van der Waals surface area (Å²) < 4.78 is 26.5. The summed E-state index contributed by atoms with van der Waals surface area (Å²) in [7, 11) is 1.96. The first kappa shape index (κ1) is 14.1. The highest BCUT2D eigenvalue weighted by molar-refractivity contribution is 5.96. The van der Waals surface area contributed by atoms with E-state index in [2.05, 4.69) is 11.8 Å². The van der Waals surface area contributed by atoms with Gasteiger partial charge in [-0.2, -0.15) is 0 Å². The molecule has 0 saturated heterocycles. The van der Waals surface area contributed by atoms with Gasteiger partial charge in [-0.3, -0.25) is 4.79 Å². The second-order valence-corrected chi connectivity index (χ2v) is 5.51. The first-order valence-corrected chi connectivity index (χ1v) is 6.64. The van der Waals surface area contributed by atoms with Crippen LogP contribution in [-0.4, -0.2) is 30.8 Å². The number of ketones is 1. The molecule has 1 aliphatic rings. The number of Topliss-reactive ketones (excluding diaryl/α,β-unsaturated/α-hetero) is 1. The minimum Gasteiger partial charge on any atom is -0.306 e.